The van der Waals surface area contributed by atoms with Crippen LogP contribution in [-0.2, 0) is 4.79 Å². The summed E-state index contributed by atoms with van der Waals surface area (Å²) < 4.78 is 52.2. The third-order valence-electron chi connectivity index (χ3n) is 1.80. The number of halogens is 4. The number of benzene rings is 1. The molecule has 0 fully saturated rings. The average molecular weight is 245 g/mol. The summed E-state index contributed by atoms with van der Waals surface area (Å²) in [4.78, 5) is 10.1. The molecule has 1 rings (SSSR count). The zero-order valence-corrected chi connectivity index (χ0v) is 7.97. The van der Waals surface area contributed by atoms with Crippen LogP contribution in [0.4, 0.5) is 17.6 Å². The summed E-state index contributed by atoms with van der Waals surface area (Å²) >= 11 is 0. The van der Waals surface area contributed by atoms with E-state index in [-0.39, 0.29) is 0 Å². The van der Waals surface area contributed by atoms with Crippen LogP contribution in [-0.4, -0.2) is 11.1 Å². The molecule has 0 saturated heterocycles. The molecule has 0 aliphatic rings. The summed E-state index contributed by atoms with van der Waals surface area (Å²) in [6.45, 7) is 0. The van der Waals surface area contributed by atoms with Crippen LogP contribution in [0.2, 0.25) is 0 Å². The molecule has 0 aliphatic heterocycles. The minimum absolute atomic E-state index is 0.333. The van der Waals surface area contributed by atoms with Gasteiger partial charge in [-0.3, -0.25) is 0 Å². The van der Waals surface area contributed by atoms with Gasteiger partial charge in [-0.2, -0.15) is 5.26 Å². The number of carboxylic acids is 1. The number of hydrogen-bond acceptors (Lipinski definition) is 2. The van der Waals surface area contributed by atoms with Gasteiger partial charge in [0.25, 0.3) is 0 Å². The lowest BCUT2D eigenvalue weighted by atomic mass is 10.1. The molecule has 0 heterocycles. The van der Waals surface area contributed by atoms with Crippen LogP contribution in [0.15, 0.2) is 6.08 Å². The molecular weight excluding hydrogens is 242 g/mol. The number of rotatable bonds is 2. The Morgan fingerprint density at radius 1 is 1.12 bits per heavy atom. The van der Waals surface area contributed by atoms with Crippen molar-refractivity contribution in [2.75, 3.05) is 0 Å². The molecule has 7 heteroatoms. The van der Waals surface area contributed by atoms with Crippen molar-refractivity contribution >= 4 is 12.0 Å². The molecule has 1 N–H and O–H groups in total. The Hall–Kier alpha value is -2.36. The lowest BCUT2D eigenvalue weighted by molar-refractivity contribution is -0.131. The van der Waals surface area contributed by atoms with Crippen molar-refractivity contribution in [2.45, 2.75) is 0 Å². The first-order valence-corrected chi connectivity index (χ1v) is 4.07. The molecule has 0 amide bonds. The van der Waals surface area contributed by atoms with Crippen molar-refractivity contribution < 1.29 is 27.5 Å². The van der Waals surface area contributed by atoms with E-state index in [1.54, 1.807) is 0 Å². The number of nitrogens with zero attached hydrogens (tertiary/aromatic N) is 1. The normalized spacial score (nSPS) is 10.5. The Labute approximate surface area is 92.2 Å². The van der Waals surface area contributed by atoms with Gasteiger partial charge in [0, 0.05) is 6.08 Å². The first-order chi connectivity index (χ1) is 7.90. The minimum atomic E-state index is -2.03. The van der Waals surface area contributed by atoms with Crippen molar-refractivity contribution in [1.29, 1.82) is 5.26 Å². The molecule has 88 valence electrons. The average Bonchev–Trinajstić information content (AvgIpc) is 2.26. The molecule has 0 atom stereocenters. The summed E-state index contributed by atoms with van der Waals surface area (Å²) in [6, 6.07) is 1.02. The Morgan fingerprint density at radius 3 is 2.18 bits per heavy atom. The first-order valence-electron chi connectivity index (χ1n) is 4.07. The maximum absolute atomic E-state index is 13.3. The Kier molecular flexibility index (Phi) is 3.48. The Morgan fingerprint density at radius 2 is 1.71 bits per heavy atom. The SMILES string of the molecule is N#Cc1c(F)c(F)c(F)c(/C=C/C(=O)O)c1F. The van der Waals surface area contributed by atoms with E-state index in [0.29, 0.717) is 12.2 Å². The highest BCUT2D eigenvalue weighted by atomic mass is 19.2. The van der Waals surface area contributed by atoms with Crippen LogP contribution in [0.3, 0.4) is 0 Å². The monoisotopic (exact) mass is 245 g/mol. The van der Waals surface area contributed by atoms with Crippen LogP contribution in [0, 0.1) is 34.6 Å². The second kappa shape index (κ2) is 4.65. The highest BCUT2D eigenvalue weighted by Crippen LogP contribution is 2.24. The van der Waals surface area contributed by atoms with Crippen molar-refractivity contribution in [2.24, 2.45) is 0 Å². The Balaban J connectivity index is 3.57. The topological polar surface area (TPSA) is 61.1 Å². The molecule has 0 radical (unpaired) electrons. The van der Waals surface area contributed by atoms with Gasteiger partial charge in [0.2, 0.25) is 0 Å². The van der Waals surface area contributed by atoms with Crippen LogP contribution < -0.4 is 0 Å². The van der Waals surface area contributed by atoms with Gasteiger partial charge in [0.1, 0.15) is 11.6 Å². The van der Waals surface area contributed by atoms with Gasteiger partial charge >= 0.3 is 5.97 Å². The fourth-order valence-corrected chi connectivity index (χ4v) is 1.05. The third-order valence-corrected chi connectivity index (χ3v) is 1.80. The molecule has 1 aromatic carbocycles. The first kappa shape index (κ1) is 12.7. The van der Waals surface area contributed by atoms with Gasteiger partial charge in [-0.15, -0.1) is 0 Å². The molecule has 0 aromatic heterocycles. The van der Waals surface area contributed by atoms with E-state index in [2.05, 4.69) is 0 Å². The zero-order valence-electron chi connectivity index (χ0n) is 7.97. The lowest BCUT2D eigenvalue weighted by Crippen LogP contribution is -2.04. The summed E-state index contributed by atoms with van der Waals surface area (Å²) in [5.41, 5.74) is -2.43. The molecule has 1 aromatic rings. The van der Waals surface area contributed by atoms with E-state index in [4.69, 9.17) is 10.4 Å². The highest BCUT2D eigenvalue weighted by Gasteiger charge is 2.23. The van der Waals surface area contributed by atoms with Gasteiger partial charge in [0.05, 0.1) is 5.56 Å². The second-order valence-electron chi connectivity index (χ2n) is 2.83. The van der Waals surface area contributed by atoms with E-state index in [0.717, 1.165) is 6.07 Å². The van der Waals surface area contributed by atoms with E-state index in [1.165, 1.54) is 0 Å². The molecular formula is C10H3F4NO2. The third kappa shape index (κ3) is 2.25. The molecule has 0 unspecified atom stereocenters. The summed E-state index contributed by atoms with van der Waals surface area (Å²) in [6.07, 6.45) is 0.732. The van der Waals surface area contributed by atoms with Gasteiger partial charge < -0.3 is 5.11 Å². The number of nitriles is 1. The van der Waals surface area contributed by atoms with Crippen LogP contribution in [0.5, 0.6) is 0 Å². The molecule has 3 nitrogen and oxygen atoms in total. The van der Waals surface area contributed by atoms with Gasteiger partial charge in [-0.05, 0) is 6.08 Å². The number of carbonyl (C=O) groups is 1. The fraction of sp³-hybridized carbons (Fsp3) is 0. The summed E-state index contributed by atoms with van der Waals surface area (Å²) in [7, 11) is 0. The maximum Gasteiger partial charge on any atom is 0.328 e. The zero-order chi connectivity index (χ0) is 13.2. The maximum atomic E-state index is 13.3. The van der Waals surface area contributed by atoms with Crippen LogP contribution >= 0.6 is 0 Å². The lowest BCUT2D eigenvalue weighted by Gasteiger charge is -2.04. The number of aliphatic carboxylic acids is 1. The standard InChI is InChI=1S/C10H3F4NO2/c11-7-4(1-2-6(16)17)8(12)10(14)9(13)5(7)3-15/h1-2H,(H,16,17)/b2-1+. The number of hydrogen-bond donors (Lipinski definition) is 1. The summed E-state index contributed by atoms with van der Waals surface area (Å²) in [5.74, 6) is -9.06. The van der Waals surface area contributed by atoms with Gasteiger partial charge in [0.15, 0.2) is 23.3 Å². The molecule has 0 saturated carbocycles. The van der Waals surface area contributed by atoms with E-state index in [9.17, 15) is 22.4 Å². The van der Waals surface area contributed by atoms with Crippen LogP contribution in [0.25, 0.3) is 6.08 Å². The van der Waals surface area contributed by atoms with Crippen LogP contribution in [0.1, 0.15) is 11.1 Å². The van der Waals surface area contributed by atoms with Gasteiger partial charge in [-0.1, -0.05) is 0 Å². The predicted octanol–water partition coefficient (Wildman–Crippen LogP) is 2.21. The van der Waals surface area contributed by atoms with E-state index < -0.39 is 40.4 Å². The number of carboxylic acid groups (broad SMARTS) is 1. The quantitative estimate of drug-likeness (QED) is 0.376. The van der Waals surface area contributed by atoms with Crippen molar-refractivity contribution in [3.05, 3.63) is 40.5 Å². The second-order valence-corrected chi connectivity index (χ2v) is 2.83. The largest absolute Gasteiger partial charge is 0.478 e. The predicted molar refractivity (Wildman–Crippen MR) is 47.7 cm³/mol. The minimum Gasteiger partial charge on any atom is -0.478 e. The van der Waals surface area contributed by atoms with Crippen molar-refractivity contribution in [1.82, 2.24) is 0 Å². The van der Waals surface area contributed by atoms with Crippen molar-refractivity contribution in [3.8, 4) is 6.07 Å². The van der Waals surface area contributed by atoms with E-state index in [1.807, 2.05) is 0 Å². The molecule has 0 bridgehead atoms. The summed E-state index contributed by atoms with van der Waals surface area (Å²) in [5, 5.41) is 16.6. The smallest absolute Gasteiger partial charge is 0.328 e. The highest BCUT2D eigenvalue weighted by molar-refractivity contribution is 5.85. The van der Waals surface area contributed by atoms with Gasteiger partial charge in [-0.25, -0.2) is 22.4 Å². The van der Waals surface area contributed by atoms with E-state index >= 15 is 0 Å². The molecule has 0 spiro atoms. The Bertz CT molecular complexity index is 561. The van der Waals surface area contributed by atoms with Crippen molar-refractivity contribution in [3.63, 3.8) is 0 Å². The molecule has 0 aliphatic carbocycles. The fourth-order valence-electron chi connectivity index (χ4n) is 1.05. The molecule has 17 heavy (non-hydrogen) atoms.